The van der Waals surface area contributed by atoms with Crippen LogP contribution >= 0.6 is 11.6 Å². The molecule has 1 N–H and O–H groups in total. The summed E-state index contributed by atoms with van der Waals surface area (Å²) >= 11 is 5.35. The van der Waals surface area contributed by atoms with Crippen molar-refractivity contribution in [2.24, 2.45) is 0 Å². The van der Waals surface area contributed by atoms with Gasteiger partial charge in [0.25, 0.3) is 0 Å². The summed E-state index contributed by atoms with van der Waals surface area (Å²) in [7, 11) is 0. The van der Waals surface area contributed by atoms with Gasteiger partial charge in [-0.15, -0.1) is 11.6 Å². The van der Waals surface area contributed by atoms with Crippen LogP contribution in [0.4, 0.5) is 0 Å². The zero-order valence-electron chi connectivity index (χ0n) is 8.79. The number of aromatic nitrogens is 1. The highest BCUT2D eigenvalue weighted by Gasteiger charge is 2.00. The third-order valence-electron chi connectivity index (χ3n) is 2.15. The summed E-state index contributed by atoms with van der Waals surface area (Å²) in [6.45, 7) is 2.70. The molecule has 0 spiro atoms. The highest BCUT2D eigenvalue weighted by atomic mass is 35.5. The van der Waals surface area contributed by atoms with Crippen molar-refractivity contribution in [1.29, 1.82) is 0 Å². The van der Waals surface area contributed by atoms with E-state index in [2.05, 4.69) is 10.3 Å². The van der Waals surface area contributed by atoms with E-state index in [1.165, 1.54) is 5.56 Å². The maximum Gasteiger partial charge on any atom is 0.234 e. The van der Waals surface area contributed by atoms with E-state index in [-0.39, 0.29) is 11.8 Å². The van der Waals surface area contributed by atoms with Crippen LogP contribution in [0, 0.1) is 6.92 Å². The van der Waals surface area contributed by atoms with Crippen LogP contribution in [-0.2, 0) is 11.2 Å². The number of nitrogens with one attached hydrogen (secondary N) is 1. The highest BCUT2D eigenvalue weighted by molar-refractivity contribution is 6.27. The molecular weight excluding hydrogens is 212 g/mol. The van der Waals surface area contributed by atoms with Crippen molar-refractivity contribution in [1.82, 2.24) is 10.3 Å². The molecular formula is C11H15ClN2O. The minimum absolute atomic E-state index is 0.0304. The van der Waals surface area contributed by atoms with E-state index in [1.807, 2.05) is 19.1 Å². The first-order valence-electron chi connectivity index (χ1n) is 4.97. The van der Waals surface area contributed by atoms with Gasteiger partial charge in [0.2, 0.25) is 5.91 Å². The zero-order valence-corrected chi connectivity index (χ0v) is 9.55. The van der Waals surface area contributed by atoms with Gasteiger partial charge < -0.3 is 5.32 Å². The lowest BCUT2D eigenvalue weighted by atomic mass is 10.1. The number of pyridine rings is 1. The molecule has 0 unspecified atom stereocenters. The number of carbonyl (C=O) groups excluding carboxylic acids is 1. The highest BCUT2D eigenvalue weighted by Crippen LogP contribution is 2.05. The Labute approximate surface area is 94.9 Å². The molecule has 4 heteroatoms. The van der Waals surface area contributed by atoms with E-state index in [1.54, 1.807) is 6.20 Å². The standard InChI is InChI=1S/C11H15ClN2O/c1-9-4-2-6-13-10(9)5-3-7-14-11(15)8-12/h2,4,6H,3,5,7-8H2,1H3,(H,14,15). The first kappa shape index (κ1) is 12.0. The van der Waals surface area contributed by atoms with Crippen LogP contribution in [0.2, 0.25) is 0 Å². The van der Waals surface area contributed by atoms with Gasteiger partial charge in [-0.25, -0.2) is 0 Å². The molecule has 0 bridgehead atoms. The molecule has 15 heavy (non-hydrogen) atoms. The maximum absolute atomic E-state index is 10.8. The number of hydrogen-bond acceptors (Lipinski definition) is 2. The Balaban J connectivity index is 2.26. The average Bonchev–Trinajstić information content (AvgIpc) is 2.26. The molecule has 0 saturated heterocycles. The Bertz CT molecular complexity index is 328. The third-order valence-corrected chi connectivity index (χ3v) is 2.39. The van der Waals surface area contributed by atoms with E-state index in [0.29, 0.717) is 6.54 Å². The van der Waals surface area contributed by atoms with Crippen molar-refractivity contribution in [2.45, 2.75) is 19.8 Å². The largest absolute Gasteiger partial charge is 0.355 e. The second-order valence-electron chi connectivity index (χ2n) is 3.35. The first-order valence-corrected chi connectivity index (χ1v) is 5.50. The van der Waals surface area contributed by atoms with Crippen LogP contribution in [-0.4, -0.2) is 23.3 Å². The minimum Gasteiger partial charge on any atom is -0.355 e. The molecule has 0 aliphatic rings. The summed E-state index contributed by atoms with van der Waals surface area (Å²) in [5, 5.41) is 2.72. The van der Waals surface area contributed by atoms with Gasteiger partial charge in [-0.3, -0.25) is 9.78 Å². The SMILES string of the molecule is Cc1cccnc1CCCNC(=O)CCl. The fraction of sp³-hybridized carbons (Fsp3) is 0.455. The molecule has 0 aromatic carbocycles. The van der Waals surface area contributed by atoms with Crippen molar-refractivity contribution >= 4 is 17.5 Å². The van der Waals surface area contributed by atoms with Crippen LogP contribution in [0.5, 0.6) is 0 Å². The van der Waals surface area contributed by atoms with E-state index in [9.17, 15) is 4.79 Å². The summed E-state index contributed by atoms with van der Waals surface area (Å²) in [6.07, 6.45) is 3.56. The number of amides is 1. The summed E-state index contributed by atoms with van der Waals surface area (Å²) in [6, 6.07) is 3.97. The number of hydrogen-bond donors (Lipinski definition) is 1. The molecule has 0 aliphatic carbocycles. The molecule has 3 nitrogen and oxygen atoms in total. The lowest BCUT2D eigenvalue weighted by Gasteiger charge is -2.04. The molecule has 1 aromatic rings. The van der Waals surface area contributed by atoms with Gasteiger partial charge >= 0.3 is 0 Å². The molecule has 82 valence electrons. The van der Waals surface area contributed by atoms with Crippen molar-refractivity contribution in [3.05, 3.63) is 29.6 Å². The lowest BCUT2D eigenvalue weighted by molar-refractivity contribution is -0.118. The second kappa shape index (κ2) is 6.40. The summed E-state index contributed by atoms with van der Waals surface area (Å²) < 4.78 is 0. The van der Waals surface area contributed by atoms with Crippen LogP contribution in [0.15, 0.2) is 18.3 Å². The third kappa shape index (κ3) is 4.30. The van der Waals surface area contributed by atoms with Gasteiger partial charge in [0, 0.05) is 18.4 Å². The van der Waals surface area contributed by atoms with Gasteiger partial charge in [-0.1, -0.05) is 6.07 Å². The second-order valence-corrected chi connectivity index (χ2v) is 3.62. The number of rotatable bonds is 5. The predicted molar refractivity (Wildman–Crippen MR) is 61.0 cm³/mol. The number of carbonyl (C=O) groups is 1. The number of nitrogens with zero attached hydrogens (tertiary/aromatic N) is 1. The molecule has 0 saturated carbocycles. The lowest BCUT2D eigenvalue weighted by Crippen LogP contribution is -2.25. The monoisotopic (exact) mass is 226 g/mol. The average molecular weight is 227 g/mol. The number of aryl methyl sites for hydroxylation is 2. The molecule has 0 radical (unpaired) electrons. The van der Waals surface area contributed by atoms with E-state index < -0.39 is 0 Å². The quantitative estimate of drug-likeness (QED) is 0.613. The summed E-state index contributed by atoms with van der Waals surface area (Å²) in [5.74, 6) is -0.0859. The Morgan fingerprint density at radius 1 is 1.60 bits per heavy atom. The Morgan fingerprint density at radius 3 is 3.07 bits per heavy atom. The molecule has 1 amide bonds. The van der Waals surface area contributed by atoms with Crippen LogP contribution in [0.25, 0.3) is 0 Å². The van der Waals surface area contributed by atoms with Crippen LogP contribution in [0.1, 0.15) is 17.7 Å². The minimum atomic E-state index is -0.116. The normalized spacial score (nSPS) is 10.0. The smallest absolute Gasteiger partial charge is 0.234 e. The summed E-state index contributed by atoms with van der Waals surface area (Å²) in [4.78, 5) is 15.1. The van der Waals surface area contributed by atoms with E-state index >= 15 is 0 Å². The van der Waals surface area contributed by atoms with Gasteiger partial charge in [0.05, 0.1) is 0 Å². The Morgan fingerprint density at radius 2 is 2.40 bits per heavy atom. The molecule has 1 heterocycles. The molecule has 1 rings (SSSR count). The fourth-order valence-corrected chi connectivity index (χ4v) is 1.41. The maximum atomic E-state index is 10.8. The molecule has 0 aliphatic heterocycles. The topological polar surface area (TPSA) is 42.0 Å². The van der Waals surface area contributed by atoms with Crippen molar-refractivity contribution < 1.29 is 4.79 Å². The van der Waals surface area contributed by atoms with Crippen molar-refractivity contribution in [2.75, 3.05) is 12.4 Å². The van der Waals surface area contributed by atoms with E-state index in [4.69, 9.17) is 11.6 Å². The predicted octanol–water partition coefficient (Wildman–Crippen LogP) is 1.68. The number of alkyl halides is 1. The van der Waals surface area contributed by atoms with Gasteiger partial charge in [0.1, 0.15) is 5.88 Å². The zero-order chi connectivity index (χ0) is 11.1. The van der Waals surface area contributed by atoms with Gasteiger partial charge in [0.15, 0.2) is 0 Å². The van der Waals surface area contributed by atoms with Crippen LogP contribution in [0.3, 0.4) is 0 Å². The van der Waals surface area contributed by atoms with Gasteiger partial charge in [-0.2, -0.15) is 0 Å². The summed E-state index contributed by atoms with van der Waals surface area (Å²) in [5.41, 5.74) is 2.29. The van der Waals surface area contributed by atoms with E-state index in [0.717, 1.165) is 18.5 Å². The van der Waals surface area contributed by atoms with Crippen molar-refractivity contribution in [3.8, 4) is 0 Å². The molecule has 0 atom stereocenters. The Kier molecular flexibility index (Phi) is 5.12. The fourth-order valence-electron chi connectivity index (χ4n) is 1.31. The van der Waals surface area contributed by atoms with Gasteiger partial charge in [-0.05, 0) is 31.4 Å². The molecule has 0 fully saturated rings. The first-order chi connectivity index (χ1) is 7.24. The van der Waals surface area contributed by atoms with Crippen LogP contribution < -0.4 is 5.32 Å². The van der Waals surface area contributed by atoms with Crippen molar-refractivity contribution in [3.63, 3.8) is 0 Å². The Hall–Kier alpha value is -1.09. The molecule has 1 aromatic heterocycles. The number of halogens is 1.